The normalized spacial score (nSPS) is 27.1. The molecule has 0 nitrogen and oxygen atoms in total. The largest absolute Gasteiger partial charge is 0.392 e. The van der Waals surface area contributed by atoms with Crippen molar-refractivity contribution in [1.29, 1.82) is 0 Å². The van der Waals surface area contributed by atoms with Crippen molar-refractivity contribution in [2.75, 3.05) is 0 Å². The molecule has 1 aromatic heterocycles. The Morgan fingerprint density at radius 1 is 1.33 bits per heavy atom. The Bertz CT molecular complexity index is 361. The van der Waals surface area contributed by atoms with Crippen LogP contribution in [0.2, 0.25) is 0 Å². The zero-order valence-electron chi connectivity index (χ0n) is 9.92. The first kappa shape index (κ1) is 14.2. The highest BCUT2D eigenvalue weighted by atomic mass is 35.5. The van der Waals surface area contributed by atoms with Crippen LogP contribution in [-0.4, -0.2) is 11.6 Å². The van der Waals surface area contributed by atoms with Crippen LogP contribution in [0, 0.1) is 11.8 Å². The summed E-state index contributed by atoms with van der Waals surface area (Å²) in [6.45, 7) is 0. The molecule has 1 heterocycles. The molecule has 18 heavy (non-hydrogen) atoms. The lowest BCUT2D eigenvalue weighted by Gasteiger charge is -2.35. The minimum absolute atomic E-state index is 0.238. The van der Waals surface area contributed by atoms with Gasteiger partial charge in [-0.15, -0.1) is 22.9 Å². The standard InChI is InChI=1S/C13H16ClF3S/c14-12(8-9-4-3-7-18-9)10-5-1-2-6-11(10)13(15,16)17/h3-4,7,10-12H,1-2,5-6,8H2. The first-order chi connectivity index (χ1) is 8.48. The zero-order chi connectivity index (χ0) is 13.2. The predicted octanol–water partition coefficient (Wildman–Crippen LogP) is 5.27. The Balaban J connectivity index is 2.04. The number of rotatable bonds is 3. The van der Waals surface area contributed by atoms with E-state index in [1.165, 1.54) is 0 Å². The second-order valence-electron chi connectivity index (χ2n) is 4.90. The molecule has 0 radical (unpaired) electrons. The van der Waals surface area contributed by atoms with E-state index in [9.17, 15) is 13.2 Å². The fraction of sp³-hybridized carbons (Fsp3) is 0.692. The highest BCUT2D eigenvalue weighted by molar-refractivity contribution is 7.09. The molecule has 5 heteroatoms. The van der Waals surface area contributed by atoms with Crippen LogP contribution in [0.4, 0.5) is 13.2 Å². The van der Waals surface area contributed by atoms with Crippen LogP contribution in [0.15, 0.2) is 17.5 Å². The molecule has 0 aliphatic heterocycles. The molecule has 1 aliphatic rings. The van der Waals surface area contributed by atoms with Gasteiger partial charge in [-0.25, -0.2) is 0 Å². The summed E-state index contributed by atoms with van der Waals surface area (Å²) < 4.78 is 38.9. The lowest BCUT2D eigenvalue weighted by atomic mass is 9.76. The molecule has 1 aliphatic carbocycles. The number of halogens is 4. The van der Waals surface area contributed by atoms with Gasteiger partial charge in [0, 0.05) is 10.3 Å². The monoisotopic (exact) mass is 296 g/mol. The van der Waals surface area contributed by atoms with Gasteiger partial charge in [-0.1, -0.05) is 18.9 Å². The molecular formula is C13H16ClF3S. The number of thiophene rings is 1. The highest BCUT2D eigenvalue weighted by Gasteiger charge is 2.47. The number of hydrogen-bond donors (Lipinski definition) is 0. The Labute approximate surface area is 114 Å². The maximum absolute atomic E-state index is 13.0. The molecule has 1 saturated carbocycles. The lowest BCUT2D eigenvalue weighted by Crippen LogP contribution is -2.38. The van der Waals surface area contributed by atoms with Crippen LogP contribution in [0.5, 0.6) is 0 Å². The van der Waals surface area contributed by atoms with E-state index in [0.717, 1.165) is 11.3 Å². The third kappa shape index (κ3) is 3.41. The van der Waals surface area contributed by atoms with E-state index in [4.69, 9.17) is 11.6 Å². The van der Waals surface area contributed by atoms with Gasteiger partial charge in [0.15, 0.2) is 0 Å². The molecule has 0 spiro atoms. The Morgan fingerprint density at radius 3 is 2.67 bits per heavy atom. The van der Waals surface area contributed by atoms with Gasteiger partial charge in [0.05, 0.1) is 5.92 Å². The van der Waals surface area contributed by atoms with E-state index in [1.54, 1.807) is 11.3 Å². The fourth-order valence-electron chi connectivity index (χ4n) is 2.77. The van der Waals surface area contributed by atoms with Crippen LogP contribution < -0.4 is 0 Å². The van der Waals surface area contributed by atoms with Gasteiger partial charge in [-0.2, -0.15) is 13.2 Å². The van der Waals surface area contributed by atoms with Crippen LogP contribution in [0.25, 0.3) is 0 Å². The summed E-state index contributed by atoms with van der Waals surface area (Å²) in [6, 6.07) is 3.84. The Kier molecular flexibility index (Phi) is 4.59. The molecule has 0 bridgehead atoms. The number of alkyl halides is 4. The highest BCUT2D eigenvalue weighted by Crippen LogP contribution is 2.44. The van der Waals surface area contributed by atoms with Crippen LogP contribution >= 0.6 is 22.9 Å². The third-order valence-corrected chi connectivity index (χ3v) is 5.06. The summed E-state index contributed by atoms with van der Waals surface area (Å²) >= 11 is 7.82. The molecule has 0 amide bonds. The summed E-state index contributed by atoms with van der Waals surface area (Å²) in [5.74, 6) is -1.64. The van der Waals surface area contributed by atoms with Crippen molar-refractivity contribution in [3.63, 3.8) is 0 Å². The quantitative estimate of drug-likeness (QED) is 0.667. The predicted molar refractivity (Wildman–Crippen MR) is 69.2 cm³/mol. The molecule has 0 aromatic carbocycles. The maximum Gasteiger partial charge on any atom is 0.392 e. The van der Waals surface area contributed by atoms with Crippen molar-refractivity contribution in [2.45, 2.75) is 43.7 Å². The zero-order valence-corrected chi connectivity index (χ0v) is 11.5. The van der Waals surface area contributed by atoms with Crippen molar-refractivity contribution in [2.24, 2.45) is 11.8 Å². The summed E-state index contributed by atoms with van der Waals surface area (Å²) in [4.78, 5) is 1.07. The van der Waals surface area contributed by atoms with E-state index < -0.39 is 23.4 Å². The van der Waals surface area contributed by atoms with Crippen LogP contribution in [0.1, 0.15) is 30.6 Å². The minimum Gasteiger partial charge on any atom is -0.171 e. The van der Waals surface area contributed by atoms with Crippen LogP contribution in [0.3, 0.4) is 0 Å². The molecule has 3 unspecified atom stereocenters. The minimum atomic E-state index is -4.10. The SMILES string of the molecule is FC(F)(F)C1CCCCC1C(Cl)Cc1cccs1. The average Bonchev–Trinajstić information content (AvgIpc) is 2.80. The van der Waals surface area contributed by atoms with E-state index in [2.05, 4.69) is 0 Å². The van der Waals surface area contributed by atoms with Crippen molar-refractivity contribution in [3.05, 3.63) is 22.4 Å². The topological polar surface area (TPSA) is 0 Å². The van der Waals surface area contributed by atoms with E-state index >= 15 is 0 Å². The Morgan fingerprint density at radius 2 is 2.06 bits per heavy atom. The van der Waals surface area contributed by atoms with Crippen molar-refractivity contribution in [1.82, 2.24) is 0 Å². The molecule has 1 fully saturated rings. The first-order valence-electron chi connectivity index (χ1n) is 6.21. The lowest BCUT2D eigenvalue weighted by molar-refractivity contribution is -0.196. The van der Waals surface area contributed by atoms with Gasteiger partial charge in [0.1, 0.15) is 0 Å². The number of hydrogen-bond acceptors (Lipinski definition) is 1. The van der Waals surface area contributed by atoms with Gasteiger partial charge in [-0.05, 0) is 36.6 Å². The van der Waals surface area contributed by atoms with Gasteiger partial charge in [0.25, 0.3) is 0 Å². The third-order valence-electron chi connectivity index (χ3n) is 3.68. The molecule has 0 saturated heterocycles. The van der Waals surface area contributed by atoms with Gasteiger partial charge in [-0.3, -0.25) is 0 Å². The molecule has 3 atom stereocenters. The average molecular weight is 297 g/mol. The Hall–Kier alpha value is -0.220. The fourth-order valence-corrected chi connectivity index (χ4v) is 4.10. The van der Waals surface area contributed by atoms with Crippen molar-refractivity contribution < 1.29 is 13.2 Å². The molecule has 0 N–H and O–H groups in total. The summed E-state index contributed by atoms with van der Waals surface area (Å²) in [5, 5.41) is 1.52. The van der Waals surface area contributed by atoms with E-state index in [0.29, 0.717) is 19.3 Å². The van der Waals surface area contributed by atoms with Crippen LogP contribution in [-0.2, 0) is 6.42 Å². The first-order valence-corrected chi connectivity index (χ1v) is 7.53. The molecule has 2 rings (SSSR count). The summed E-state index contributed by atoms with van der Waals surface area (Å²) in [7, 11) is 0. The smallest absolute Gasteiger partial charge is 0.171 e. The van der Waals surface area contributed by atoms with Crippen molar-refractivity contribution >= 4 is 22.9 Å². The summed E-state index contributed by atoms with van der Waals surface area (Å²) in [5.41, 5.74) is 0. The molecule has 1 aromatic rings. The van der Waals surface area contributed by atoms with Gasteiger partial charge >= 0.3 is 6.18 Å². The second-order valence-corrected chi connectivity index (χ2v) is 6.49. The molecule has 102 valence electrons. The van der Waals surface area contributed by atoms with Crippen molar-refractivity contribution in [3.8, 4) is 0 Å². The van der Waals surface area contributed by atoms with E-state index in [1.807, 2.05) is 17.5 Å². The van der Waals surface area contributed by atoms with Gasteiger partial charge < -0.3 is 0 Å². The maximum atomic E-state index is 13.0. The summed E-state index contributed by atoms with van der Waals surface area (Å²) in [6.07, 6.45) is -1.18. The van der Waals surface area contributed by atoms with Gasteiger partial charge in [0.2, 0.25) is 0 Å². The van der Waals surface area contributed by atoms with E-state index in [-0.39, 0.29) is 6.42 Å². The second kappa shape index (κ2) is 5.83. The molecular weight excluding hydrogens is 281 g/mol.